The second-order valence-electron chi connectivity index (χ2n) is 9.01. The minimum absolute atomic E-state index is 0.0348. The molecule has 198 valence electrons. The van der Waals surface area contributed by atoms with E-state index in [4.69, 9.17) is 9.47 Å². The van der Waals surface area contributed by atoms with Crippen molar-refractivity contribution in [2.24, 2.45) is 10.8 Å². The predicted octanol–water partition coefficient (Wildman–Crippen LogP) is 2.61. The number of aliphatic hydroxyl groups excluding tert-OH is 1. The minimum atomic E-state index is -1.23. The number of amides is 2. The lowest BCUT2D eigenvalue weighted by atomic mass is 9.73. The number of Topliss-reactive ketones (excluding diaryl/α,β-unsaturated/α-hetero) is 1. The van der Waals surface area contributed by atoms with Crippen molar-refractivity contribution in [2.75, 3.05) is 33.0 Å². The maximum absolute atomic E-state index is 12.6. The van der Waals surface area contributed by atoms with Gasteiger partial charge in [0.05, 0.1) is 25.6 Å². The van der Waals surface area contributed by atoms with Crippen molar-refractivity contribution in [1.82, 2.24) is 10.6 Å². The molecule has 0 aliphatic heterocycles. The summed E-state index contributed by atoms with van der Waals surface area (Å²) in [5.41, 5.74) is -1.68. The van der Waals surface area contributed by atoms with E-state index >= 15 is 0 Å². The molecular weight excluding hydrogens is 444 g/mol. The number of carbonyl (C=O) groups excluding carboxylic acids is 3. The summed E-state index contributed by atoms with van der Waals surface area (Å²) in [6.07, 6.45) is 0.102. The second-order valence-corrected chi connectivity index (χ2v) is 9.01. The summed E-state index contributed by atoms with van der Waals surface area (Å²) >= 11 is 0. The molecule has 1 unspecified atom stereocenters. The van der Waals surface area contributed by atoms with Crippen LogP contribution in [0.2, 0.25) is 0 Å². The van der Waals surface area contributed by atoms with E-state index in [1.165, 1.54) is 6.92 Å². The number of nitrogens with one attached hydrogen (secondary N) is 2. The normalized spacial score (nSPS) is 12.1. The molecule has 34 heavy (non-hydrogen) atoms. The first-order chi connectivity index (χ1) is 15.7. The van der Waals surface area contributed by atoms with Crippen molar-refractivity contribution >= 4 is 23.6 Å². The molecule has 0 rings (SSSR count). The number of ketones is 1. The molecule has 0 aromatic carbocycles. The zero-order valence-corrected chi connectivity index (χ0v) is 21.8. The van der Waals surface area contributed by atoms with E-state index < -0.39 is 28.7 Å². The van der Waals surface area contributed by atoms with Gasteiger partial charge >= 0.3 is 5.97 Å². The summed E-state index contributed by atoms with van der Waals surface area (Å²) in [4.78, 5) is 46.9. The molecule has 0 aliphatic carbocycles. The number of aliphatic carboxylic acids is 1. The Kier molecular flexibility index (Phi) is 16.9. The Morgan fingerprint density at radius 3 is 2.00 bits per heavy atom. The van der Waals surface area contributed by atoms with Crippen LogP contribution in [-0.2, 0) is 28.7 Å². The molecule has 0 saturated heterocycles. The van der Waals surface area contributed by atoms with Crippen molar-refractivity contribution in [3.8, 4) is 0 Å². The number of carboxylic acid groups (broad SMARTS) is 1. The number of hydrogen-bond donors (Lipinski definition) is 4. The number of allylic oxidation sites excluding steroid dienone is 1. The molecule has 0 aromatic rings. The van der Waals surface area contributed by atoms with E-state index in [2.05, 4.69) is 17.2 Å². The Balaban J connectivity index is 0. The highest BCUT2D eigenvalue weighted by molar-refractivity contribution is 5.87. The Hall–Kier alpha value is -2.46. The van der Waals surface area contributed by atoms with Crippen LogP contribution in [0.5, 0.6) is 0 Å². The molecule has 0 bridgehead atoms. The molecule has 0 heterocycles. The molecule has 4 N–H and O–H groups in total. The molecule has 0 spiro atoms. The van der Waals surface area contributed by atoms with Crippen molar-refractivity contribution in [2.45, 2.75) is 73.8 Å². The van der Waals surface area contributed by atoms with E-state index in [1.54, 1.807) is 27.7 Å². The van der Waals surface area contributed by atoms with Gasteiger partial charge in [-0.3, -0.25) is 14.4 Å². The molecule has 0 radical (unpaired) electrons. The number of carboxylic acids is 1. The molecule has 0 aromatic heterocycles. The summed E-state index contributed by atoms with van der Waals surface area (Å²) in [6.45, 7) is 16.8. The Morgan fingerprint density at radius 1 is 0.941 bits per heavy atom. The van der Waals surface area contributed by atoms with E-state index in [-0.39, 0.29) is 69.7 Å². The number of aliphatic hydroxyl groups is 1. The van der Waals surface area contributed by atoms with Crippen LogP contribution in [0.15, 0.2) is 12.3 Å². The SMILES string of the molecule is C=C(O)C(C)(C)CC(C)(C)C(=O)NC(CCC(=O)NCCOCCOCC(C)=O)C(=O)O.CC. The predicted molar refractivity (Wildman–Crippen MR) is 129 cm³/mol. The van der Waals surface area contributed by atoms with Crippen molar-refractivity contribution in [3.63, 3.8) is 0 Å². The van der Waals surface area contributed by atoms with Crippen LogP contribution in [0.25, 0.3) is 0 Å². The van der Waals surface area contributed by atoms with Crippen LogP contribution in [-0.4, -0.2) is 72.8 Å². The first-order valence-corrected chi connectivity index (χ1v) is 11.5. The zero-order valence-electron chi connectivity index (χ0n) is 21.8. The standard InChI is InChI=1S/C22H38N2O8.C2H6/c1-15(25)13-32-12-11-31-10-9-23-18(27)8-7-17(19(28)29)24-20(30)22(5,6)14-21(3,4)16(2)26;1-2/h17,26H,2,7-14H2,1,3-6H3,(H,23,27)(H,24,30)(H,28,29);1-2H3. The first-order valence-electron chi connectivity index (χ1n) is 11.5. The van der Waals surface area contributed by atoms with Crippen LogP contribution in [0.3, 0.4) is 0 Å². The summed E-state index contributed by atoms with van der Waals surface area (Å²) in [6, 6.07) is -1.22. The van der Waals surface area contributed by atoms with Gasteiger partial charge in [0.15, 0.2) is 5.78 Å². The average Bonchev–Trinajstić information content (AvgIpc) is 2.72. The molecule has 0 fully saturated rings. The van der Waals surface area contributed by atoms with Gasteiger partial charge in [-0.15, -0.1) is 0 Å². The van der Waals surface area contributed by atoms with Gasteiger partial charge in [-0.05, 0) is 19.8 Å². The number of rotatable bonds is 17. The van der Waals surface area contributed by atoms with Gasteiger partial charge in [-0.25, -0.2) is 4.79 Å². The third-order valence-corrected chi connectivity index (χ3v) is 4.79. The summed E-state index contributed by atoms with van der Waals surface area (Å²) in [5, 5.41) is 24.2. The first kappa shape index (κ1) is 33.7. The van der Waals surface area contributed by atoms with Gasteiger partial charge < -0.3 is 30.3 Å². The Labute approximate surface area is 203 Å². The van der Waals surface area contributed by atoms with Crippen LogP contribution in [0, 0.1) is 10.8 Å². The topological polar surface area (TPSA) is 151 Å². The summed E-state index contributed by atoms with van der Waals surface area (Å²) < 4.78 is 10.3. The van der Waals surface area contributed by atoms with Crippen molar-refractivity contribution in [1.29, 1.82) is 0 Å². The zero-order chi connectivity index (χ0) is 26.9. The number of hydrogen-bond acceptors (Lipinski definition) is 7. The lowest BCUT2D eigenvalue weighted by Crippen LogP contribution is -2.48. The summed E-state index contributed by atoms with van der Waals surface area (Å²) in [7, 11) is 0. The van der Waals surface area contributed by atoms with Gasteiger partial charge in [0, 0.05) is 23.8 Å². The monoisotopic (exact) mass is 488 g/mol. The quantitative estimate of drug-likeness (QED) is 0.180. The van der Waals surface area contributed by atoms with Gasteiger partial charge in [0.25, 0.3) is 0 Å². The fourth-order valence-corrected chi connectivity index (χ4v) is 2.96. The fraction of sp³-hybridized carbons (Fsp3) is 0.750. The van der Waals surface area contributed by atoms with Crippen molar-refractivity contribution < 1.29 is 38.9 Å². The average molecular weight is 489 g/mol. The third-order valence-electron chi connectivity index (χ3n) is 4.79. The fourth-order valence-electron chi connectivity index (χ4n) is 2.96. The van der Waals surface area contributed by atoms with E-state index in [1.807, 2.05) is 13.8 Å². The Morgan fingerprint density at radius 2 is 1.50 bits per heavy atom. The van der Waals surface area contributed by atoms with Crippen LogP contribution >= 0.6 is 0 Å². The van der Waals surface area contributed by atoms with E-state index in [0.29, 0.717) is 0 Å². The molecule has 2 amide bonds. The maximum Gasteiger partial charge on any atom is 0.326 e. The lowest BCUT2D eigenvalue weighted by molar-refractivity contribution is -0.144. The number of carbonyl (C=O) groups is 4. The molecule has 1 atom stereocenters. The van der Waals surface area contributed by atoms with Crippen molar-refractivity contribution in [3.05, 3.63) is 12.3 Å². The Bertz CT molecular complexity index is 674. The smallest absolute Gasteiger partial charge is 0.326 e. The number of ether oxygens (including phenoxy) is 2. The molecule has 0 saturated carbocycles. The minimum Gasteiger partial charge on any atom is -0.512 e. The van der Waals surface area contributed by atoms with Crippen LogP contribution in [0.4, 0.5) is 0 Å². The van der Waals surface area contributed by atoms with Gasteiger partial charge in [0.1, 0.15) is 12.6 Å². The molecule has 10 nitrogen and oxygen atoms in total. The molecule has 0 aliphatic rings. The lowest BCUT2D eigenvalue weighted by Gasteiger charge is -2.34. The van der Waals surface area contributed by atoms with E-state index in [9.17, 15) is 29.4 Å². The molecule has 10 heteroatoms. The highest BCUT2D eigenvalue weighted by atomic mass is 16.5. The highest BCUT2D eigenvalue weighted by Gasteiger charge is 2.38. The van der Waals surface area contributed by atoms with Gasteiger partial charge in [-0.2, -0.15) is 0 Å². The molecular formula is C24H44N2O8. The second kappa shape index (κ2) is 17.0. The maximum atomic E-state index is 12.6. The largest absolute Gasteiger partial charge is 0.512 e. The highest BCUT2D eigenvalue weighted by Crippen LogP contribution is 2.37. The third kappa shape index (κ3) is 15.4. The van der Waals surface area contributed by atoms with Crippen LogP contribution in [0.1, 0.15) is 67.7 Å². The van der Waals surface area contributed by atoms with Gasteiger partial charge in [-0.1, -0.05) is 48.1 Å². The summed E-state index contributed by atoms with van der Waals surface area (Å²) in [5.74, 6) is -2.21. The van der Waals surface area contributed by atoms with Crippen LogP contribution < -0.4 is 10.6 Å². The van der Waals surface area contributed by atoms with Gasteiger partial charge in [0.2, 0.25) is 11.8 Å². The van der Waals surface area contributed by atoms with E-state index in [0.717, 1.165) is 0 Å².